The van der Waals surface area contributed by atoms with Gasteiger partial charge in [-0.1, -0.05) is 12.1 Å². The average molecular weight is 240 g/mol. The van der Waals surface area contributed by atoms with Gasteiger partial charge < -0.3 is 9.73 Å². The van der Waals surface area contributed by atoms with E-state index in [9.17, 15) is 0 Å². The summed E-state index contributed by atoms with van der Waals surface area (Å²) >= 11 is 0. The highest BCUT2D eigenvalue weighted by Gasteiger charge is 2.02. The smallest absolute Gasteiger partial charge is 0.112 e. The van der Waals surface area contributed by atoms with Crippen LogP contribution in [0, 0.1) is 0 Å². The molecule has 0 aliphatic heterocycles. The zero-order valence-corrected chi connectivity index (χ0v) is 9.63. The summed E-state index contributed by atoms with van der Waals surface area (Å²) in [5, 5.41) is 13.8. The maximum Gasteiger partial charge on any atom is 0.112 e. The predicted molar refractivity (Wildman–Crippen MR) is 67.9 cm³/mol. The van der Waals surface area contributed by atoms with E-state index in [1.807, 2.05) is 30.3 Å². The normalized spacial score (nSPS) is 10.4. The largest absolute Gasteiger partial charge is 0.472 e. The maximum absolute atomic E-state index is 5.02. The highest BCUT2D eigenvalue weighted by atomic mass is 16.3. The molecular formula is C13H12N4O. The fourth-order valence-corrected chi connectivity index (χ4v) is 1.73. The molecule has 0 aliphatic rings. The van der Waals surface area contributed by atoms with Crippen molar-refractivity contribution in [2.24, 2.45) is 0 Å². The van der Waals surface area contributed by atoms with Gasteiger partial charge in [-0.15, -0.1) is 0 Å². The van der Waals surface area contributed by atoms with Gasteiger partial charge in [0.1, 0.15) is 5.69 Å². The van der Waals surface area contributed by atoms with Crippen LogP contribution < -0.4 is 5.32 Å². The first-order valence-electron chi connectivity index (χ1n) is 5.63. The Morgan fingerprint density at radius 1 is 1.28 bits per heavy atom. The van der Waals surface area contributed by atoms with Crippen molar-refractivity contribution in [3.63, 3.8) is 0 Å². The molecule has 0 aliphatic carbocycles. The number of hydrogen-bond donors (Lipinski definition) is 2. The Bertz CT molecular complexity index is 602. The van der Waals surface area contributed by atoms with Crippen molar-refractivity contribution in [2.75, 3.05) is 5.32 Å². The van der Waals surface area contributed by atoms with Crippen LogP contribution in [0.25, 0.3) is 11.3 Å². The molecule has 1 aromatic carbocycles. The molecule has 0 saturated carbocycles. The molecule has 5 heteroatoms. The molecule has 0 amide bonds. The average Bonchev–Trinajstić information content (AvgIpc) is 3.10. The summed E-state index contributed by atoms with van der Waals surface area (Å²) in [5.74, 6) is 0. The van der Waals surface area contributed by atoms with Crippen LogP contribution in [0.4, 0.5) is 5.69 Å². The Morgan fingerprint density at radius 3 is 3.06 bits per heavy atom. The van der Waals surface area contributed by atoms with E-state index >= 15 is 0 Å². The molecule has 18 heavy (non-hydrogen) atoms. The van der Waals surface area contributed by atoms with Crippen molar-refractivity contribution in [1.29, 1.82) is 0 Å². The van der Waals surface area contributed by atoms with E-state index < -0.39 is 0 Å². The molecule has 2 N–H and O–H groups in total. The lowest BCUT2D eigenvalue weighted by Gasteiger charge is -2.05. The molecule has 0 fully saturated rings. The number of rotatable bonds is 4. The van der Waals surface area contributed by atoms with Gasteiger partial charge in [0.05, 0.1) is 18.7 Å². The van der Waals surface area contributed by atoms with Crippen molar-refractivity contribution >= 4 is 5.69 Å². The molecule has 3 rings (SSSR count). The summed E-state index contributed by atoms with van der Waals surface area (Å²) in [6.07, 6.45) is 5.10. The lowest BCUT2D eigenvalue weighted by Crippen LogP contribution is -1.97. The van der Waals surface area contributed by atoms with Gasteiger partial charge in [0, 0.05) is 23.4 Å². The number of furan rings is 1. The van der Waals surface area contributed by atoms with Crippen molar-refractivity contribution in [3.05, 3.63) is 54.6 Å². The van der Waals surface area contributed by atoms with E-state index in [2.05, 4.69) is 20.7 Å². The second-order valence-corrected chi connectivity index (χ2v) is 3.92. The van der Waals surface area contributed by atoms with Gasteiger partial charge in [-0.25, -0.2) is 0 Å². The fraction of sp³-hybridized carbons (Fsp3) is 0.0769. The Labute approximate surface area is 104 Å². The zero-order valence-electron chi connectivity index (χ0n) is 9.63. The second-order valence-electron chi connectivity index (χ2n) is 3.92. The predicted octanol–water partition coefficient (Wildman–Crippen LogP) is 2.68. The van der Waals surface area contributed by atoms with E-state index in [-0.39, 0.29) is 0 Å². The first kappa shape index (κ1) is 10.6. The van der Waals surface area contributed by atoms with Crippen LogP contribution in [-0.4, -0.2) is 15.4 Å². The standard InChI is InChI=1S/C13H12N4O/c1-2-11(13-8-15-17-16-13)6-12(3-1)14-7-10-4-5-18-9-10/h1-6,8-9,14H,7H2,(H,15,16,17). The number of aromatic amines is 1. The third-order valence-corrected chi connectivity index (χ3v) is 2.65. The van der Waals surface area contributed by atoms with E-state index in [1.54, 1.807) is 18.7 Å². The lowest BCUT2D eigenvalue weighted by atomic mass is 10.1. The molecule has 0 spiro atoms. The van der Waals surface area contributed by atoms with Gasteiger partial charge in [-0.2, -0.15) is 15.4 Å². The van der Waals surface area contributed by atoms with Crippen LogP contribution in [0.5, 0.6) is 0 Å². The molecule has 90 valence electrons. The van der Waals surface area contributed by atoms with Crippen molar-refractivity contribution in [2.45, 2.75) is 6.54 Å². The fourth-order valence-electron chi connectivity index (χ4n) is 1.73. The number of anilines is 1. The molecular weight excluding hydrogens is 228 g/mol. The lowest BCUT2D eigenvalue weighted by molar-refractivity contribution is 0.564. The van der Waals surface area contributed by atoms with Crippen LogP contribution in [0.15, 0.2) is 53.5 Å². The highest BCUT2D eigenvalue weighted by molar-refractivity contribution is 5.64. The summed E-state index contributed by atoms with van der Waals surface area (Å²) in [6, 6.07) is 9.98. The van der Waals surface area contributed by atoms with Gasteiger partial charge in [-0.05, 0) is 18.2 Å². The van der Waals surface area contributed by atoms with E-state index in [0.717, 1.165) is 29.1 Å². The summed E-state index contributed by atoms with van der Waals surface area (Å²) in [7, 11) is 0. The number of nitrogens with zero attached hydrogens (tertiary/aromatic N) is 2. The molecule has 0 atom stereocenters. The number of benzene rings is 1. The first-order valence-corrected chi connectivity index (χ1v) is 5.63. The first-order chi connectivity index (χ1) is 8.92. The summed E-state index contributed by atoms with van der Waals surface area (Å²) < 4.78 is 5.02. The number of hydrogen-bond acceptors (Lipinski definition) is 4. The number of aromatic nitrogens is 3. The zero-order chi connectivity index (χ0) is 12.2. The molecule has 2 heterocycles. The minimum Gasteiger partial charge on any atom is -0.472 e. The Hall–Kier alpha value is -2.56. The quantitative estimate of drug-likeness (QED) is 0.735. The Kier molecular flexibility index (Phi) is 2.79. The Morgan fingerprint density at radius 2 is 2.28 bits per heavy atom. The maximum atomic E-state index is 5.02. The molecule has 0 bridgehead atoms. The SMILES string of the molecule is c1cc(NCc2ccoc2)cc(-c2cn[nH]n2)c1. The van der Waals surface area contributed by atoms with Crippen LogP contribution in [-0.2, 0) is 6.54 Å². The number of nitrogens with one attached hydrogen (secondary N) is 2. The molecule has 2 aromatic heterocycles. The van der Waals surface area contributed by atoms with E-state index in [0.29, 0.717) is 0 Å². The minimum atomic E-state index is 0.735. The molecule has 3 aromatic rings. The molecule has 0 unspecified atom stereocenters. The van der Waals surface area contributed by atoms with Gasteiger partial charge in [0.25, 0.3) is 0 Å². The van der Waals surface area contributed by atoms with Gasteiger partial charge in [-0.3, -0.25) is 0 Å². The molecule has 5 nitrogen and oxygen atoms in total. The van der Waals surface area contributed by atoms with Crippen LogP contribution in [0.3, 0.4) is 0 Å². The summed E-state index contributed by atoms with van der Waals surface area (Å²) in [6.45, 7) is 0.735. The summed E-state index contributed by atoms with van der Waals surface area (Å²) in [5.41, 5.74) is 4.02. The third-order valence-electron chi connectivity index (χ3n) is 2.65. The monoisotopic (exact) mass is 240 g/mol. The minimum absolute atomic E-state index is 0.735. The third kappa shape index (κ3) is 2.24. The topological polar surface area (TPSA) is 66.7 Å². The van der Waals surface area contributed by atoms with Gasteiger partial charge >= 0.3 is 0 Å². The second kappa shape index (κ2) is 4.75. The summed E-state index contributed by atoms with van der Waals surface area (Å²) in [4.78, 5) is 0. The van der Waals surface area contributed by atoms with Gasteiger partial charge in [0.2, 0.25) is 0 Å². The van der Waals surface area contributed by atoms with Crippen molar-refractivity contribution in [3.8, 4) is 11.3 Å². The molecule has 0 radical (unpaired) electrons. The van der Waals surface area contributed by atoms with Crippen LogP contribution in [0.1, 0.15) is 5.56 Å². The van der Waals surface area contributed by atoms with Crippen LogP contribution in [0.2, 0.25) is 0 Å². The van der Waals surface area contributed by atoms with Crippen molar-refractivity contribution < 1.29 is 4.42 Å². The Balaban J connectivity index is 1.75. The van der Waals surface area contributed by atoms with E-state index in [1.165, 1.54) is 0 Å². The molecule has 0 saturated heterocycles. The number of H-pyrrole nitrogens is 1. The van der Waals surface area contributed by atoms with E-state index in [4.69, 9.17) is 4.42 Å². The van der Waals surface area contributed by atoms with Crippen molar-refractivity contribution in [1.82, 2.24) is 15.4 Å². The van der Waals surface area contributed by atoms with Gasteiger partial charge in [0.15, 0.2) is 0 Å². The van der Waals surface area contributed by atoms with Crippen LogP contribution >= 0.6 is 0 Å². The highest BCUT2D eigenvalue weighted by Crippen LogP contribution is 2.20.